The Kier molecular flexibility index (Phi) is 3.28. The summed E-state index contributed by atoms with van der Waals surface area (Å²) in [6.45, 7) is 1.76. The number of hydrogen-bond donors (Lipinski definition) is 0. The van der Waals surface area contributed by atoms with Gasteiger partial charge in [0.2, 0.25) is 5.88 Å². The lowest BCUT2D eigenvalue weighted by Gasteiger charge is -2.19. The minimum Gasteiger partial charge on any atom is -0.466 e. The highest BCUT2D eigenvalue weighted by atomic mass is 19.4. The second-order valence-electron chi connectivity index (χ2n) is 6.25. The molecule has 1 fully saturated rings. The molecule has 8 heteroatoms. The van der Waals surface area contributed by atoms with Gasteiger partial charge in [0.15, 0.2) is 5.65 Å². The molecule has 0 unspecified atom stereocenters. The quantitative estimate of drug-likeness (QED) is 0.723. The highest BCUT2D eigenvalue weighted by Gasteiger charge is 2.48. The van der Waals surface area contributed by atoms with Crippen molar-refractivity contribution in [1.29, 1.82) is 0 Å². The first-order valence-corrected chi connectivity index (χ1v) is 7.82. The monoisotopic (exact) mass is 348 g/mol. The van der Waals surface area contributed by atoms with Crippen LogP contribution in [0.5, 0.6) is 5.88 Å². The Hall–Kier alpha value is -2.64. The standard InChI is InChI=1S/C17H15F3N4O/c1-10-22-14-13(9-21-24(14)2)15(23-10)25-16(7-8-16)11-3-5-12(6-4-11)17(18,19)20/h3-6,9H,7-8H2,1-2H3. The van der Waals surface area contributed by atoms with E-state index in [4.69, 9.17) is 4.74 Å². The maximum Gasteiger partial charge on any atom is 0.416 e. The zero-order chi connectivity index (χ0) is 17.8. The van der Waals surface area contributed by atoms with Gasteiger partial charge in [0, 0.05) is 7.05 Å². The van der Waals surface area contributed by atoms with E-state index < -0.39 is 17.3 Å². The first-order chi connectivity index (χ1) is 11.8. The normalized spacial score (nSPS) is 16.2. The Morgan fingerprint density at radius 1 is 1.12 bits per heavy atom. The molecule has 0 aliphatic heterocycles. The Morgan fingerprint density at radius 3 is 2.40 bits per heavy atom. The van der Waals surface area contributed by atoms with Crippen LogP contribution in [0.3, 0.4) is 0 Å². The van der Waals surface area contributed by atoms with Gasteiger partial charge >= 0.3 is 6.18 Å². The number of aryl methyl sites for hydroxylation is 2. The molecule has 1 aromatic carbocycles. The van der Waals surface area contributed by atoms with Crippen LogP contribution in [0.4, 0.5) is 13.2 Å². The van der Waals surface area contributed by atoms with Crippen LogP contribution in [-0.4, -0.2) is 19.7 Å². The average molecular weight is 348 g/mol. The minimum absolute atomic E-state index is 0.410. The third kappa shape index (κ3) is 2.71. The number of benzene rings is 1. The van der Waals surface area contributed by atoms with Crippen LogP contribution in [0.25, 0.3) is 11.0 Å². The largest absolute Gasteiger partial charge is 0.466 e. The maximum atomic E-state index is 12.7. The van der Waals surface area contributed by atoms with Crippen molar-refractivity contribution in [3.8, 4) is 5.88 Å². The zero-order valence-corrected chi connectivity index (χ0v) is 13.6. The molecular weight excluding hydrogens is 333 g/mol. The first-order valence-electron chi connectivity index (χ1n) is 7.82. The van der Waals surface area contributed by atoms with Crippen molar-refractivity contribution < 1.29 is 17.9 Å². The Bertz CT molecular complexity index is 943. The van der Waals surface area contributed by atoms with E-state index in [-0.39, 0.29) is 0 Å². The van der Waals surface area contributed by atoms with E-state index in [9.17, 15) is 13.2 Å². The molecule has 2 heterocycles. The molecule has 3 aromatic rings. The predicted octanol–water partition coefficient (Wildman–Crippen LogP) is 3.76. The second kappa shape index (κ2) is 5.18. The summed E-state index contributed by atoms with van der Waals surface area (Å²) in [6.07, 6.45) is -1.26. The second-order valence-corrected chi connectivity index (χ2v) is 6.25. The molecule has 4 rings (SSSR count). The van der Waals surface area contributed by atoms with Gasteiger partial charge in [0.1, 0.15) is 16.8 Å². The van der Waals surface area contributed by atoms with E-state index in [0.717, 1.165) is 25.0 Å². The maximum absolute atomic E-state index is 12.7. The Balaban J connectivity index is 1.69. The number of nitrogens with zero attached hydrogens (tertiary/aromatic N) is 4. The van der Waals surface area contributed by atoms with Crippen LogP contribution in [0.2, 0.25) is 0 Å². The van der Waals surface area contributed by atoms with Gasteiger partial charge in [-0.3, -0.25) is 4.68 Å². The van der Waals surface area contributed by atoms with Crippen LogP contribution in [0.15, 0.2) is 30.5 Å². The number of aromatic nitrogens is 4. The third-order valence-electron chi connectivity index (χ3n) is 4.40. The number of rotatable bonds is 3. The molecular formula is C17H15F3N4O. The van der Waals surface area contributed by atoms with Crippen molar-refractivity contribution in [2.45, 2.75) is 31.5 Å². The number of fused-ring (bicyclic) bond motifs is 1. The van der Waals surface area contributed by atoms with E-state index in [1.807, 2.05) is 0 Å². The molecule has 0 bridgehead atoms. The number of hydrogen-bond acceptors (Lipinski definition) is 4. The Morgan fingerprint density at radius 2 is 1.80 bits per heavy atom. The van der Waals surface area contributed by atoms with Crippen molar-refractivity contribution >= 4 is 11.0 Å². The molecule has 0 atom stereocenters. The van der Waals surface area contributed by atoms with Gasteiger partial charge in [-0.2, -0.15) is 23.3 Å². The lowest BCUT2D eigenvalue weighted by atomic mass is 10.1. The van der Waals surface area contributed by atoms with Gasteiger partial charge in [0.05, 0.1) is 11.8 Å². The third-order valence-corrected chi connectivity index (χ3v) is 4.40. The summed E-state index contributed by atoms with van der Waals surface area (Å²) in [6, 6.07) is 5.13. The molecule has 2 aromatic heterocycles. The fourth-order valence-corrected chi connectivity index (χ4v) is 2.89. The molecule has 1 saturated carbocycles. The predicted molar refractivity (Wildman–Crippen MR) is 84.0 cm³/mol. The summed E-state index contributed by atoms with van der Waals surface area (Å²) < 4.78 is 46.0. The van der Waals surface area contributed by atoms with E-state index in [1.54, 1.807) is 24.9 Å². The van der Waals surface area contributed by atoms with Gasteiger partial charge < -0.3 is 4.74 Å². The minimum atomic E-state index is -4.35. The molecule has 0 amide bonds. The zero-order valence-electron chi connectivity index (χ0n) is 13.6. The fraction of sp³-hybridized carbons (Fsp3) is 0.353. The molecule has 0 radical (unpaired) electrons. The molecule has 1 aliphatic carbocycles. The van der Waals surface area contributed by atoms with Gasteiger partial charge in [-0.1, -0.05) is 12.1 Å². The van der Waals surface area contributed by atoms with Crippen molar-refractivity contribution in [2.75, 3.05) is 0 Å². The van der Waals surface area contributed by atoms with Crippen molar-refractivity contribution in [2.24, 2.45) is 7.05 Å². The van der Waals surface area contributed by atoms with Crippen LogP contribution >= 0.6 is 0 Å². The van der Waals surface area contributed by atoms with E-state index in [2.05, 4.69) is 15.1 Å². The highest BCUT2D eigenvalue weighted by Crippen LogP contribution is 2.50. The van der Waals surface area contributed by atoms with Crippen molar-refractivity contribution in [3.63, 3.8) is 0 Å². The molecule has 130 valence electrons. The summed E-state index contributed by atoms with van der Waals surface area (Å²) in [5.74, 6) is 0.960. The smallest absolute Gasteiger partial charge is 0.416 e. The Labute approximate surface area is 141 Å². The van der Waals surface area contributed by atoms with E-state index >= 15 is 0 Å². The SMILES string of the molecule is Cc1nc(OC2(c3ccc(C(F)(F)F)cc3)CC2)c2cnn(C)c2n1. The summed E-state index contributed by atoms with van der Waals surface area (Å²) in [4.78, 5) is 8.70. The van der Waals surface area contributed by atoms with Gasteiger partial charge in [-0.25, -0.2) is 4.98 Å². The van der Waals surface area contributed by atoms with Crippen LogP contribution in [0.1, 0.15) is 29.8 Å². The first kappa shape index (κ1) is 15.9. The van der Waals surface area contributed by atoms with Crippen LogP contribution < -0.4 is 4.74 Å². The van der Waals surface area contributed by atoms with E-state index in [0.29, 0.717) is 28.3 Å². The molecule has 0 N–H and O–H groups in total. The average Bonchev–Trinajstić information content (AvgIpc) is 3.24. The summed E-state index contributed by atoms with van der Waals surface area (Å²) >= 11 is 0. The molecule has 0 saturated heterocycles. The van der Waals surface area contributed by atoms with Crippen LogP contribution in [0, 0.1) is 6.92 Å². The lowest BCUT2D eigenvalue weighted by molar-refractivity contribution is -0.137. The van der Waals surface area contributed by atoms with Crippen LogP contribution in [-0.2, 0) is 18.8 Å². The summed E-state index contributed by atoms with van der Waals surface area (Å²) in [5.41, 5.74) is 0.0762. The molecule has 5 nitrogen and oxygen atoms in total. The van der Waals surface area contributed by atoms with Gasteiger partial charge in [-0.15, -0.1) is 0 Å². The summed E-state index contributed by atoms with van der Waals surface area (Å²) in [7, 11) is 1.78. The topological polar surface area (TPSA) is 52.8 Å². The fourth-order valence-electron chi connectivity index (χ4n) is 2.89. The van der Waals surface area contributed by atoms with Gasteiger partial charge in [-0.05, 0) is 37.5 Å². The molecule has 25 heavy (non-hydrogen) atoms. The summed E-state index contributed by atoms with van der Waals surface area (Å²) in [5, 5.41) is 4.85. The highest BCUT2D eigenvalue weighted by molar-refractivity contribution is 5.80. The number of ether oxygens (including phenoxy) is 1. The number of alkyl halides is 3. The molecule has 1 aliphatic rings. The van der Waals surface area contributed by atoms with Crippen molar-refractivity contribution in [3.05, 3.63) is 47.4 Å². The van der Waals surface area contributed by atoms with E-state index in [1.165, 1.54) is 12.1 Å². The lowest BCUT2D eigenvalue weighted by Crippen LogP contribution is -2.17. The number of halogens is 3. The van der Waals surface area contributed by atoms with Gasteiger partial charge in [0.25, 0.3) is 0 Å². The van der Waals surface area contributed by atoms with Crippen molar-refractivity contribution in [1.82, 2.24) is 19.7 Å². The molecule has 0 spiro atoms.